The number of aliphatic hydroxyl groups excluding tert-OH is 1. The maximum absolute atomic E-state index is 11.2. The van der Waals surface area contributed by atoms with Crippen molar-refractivity contribution in [3.63, 3.8) is 0 Å². The van der Waals surface area contributed by atoms with Gasteiger partial charge in [0.15, 0.2) is 0 Å². The summed E-state index contributed by atoms with van der Waals surface area (Å²) >= 11 is 0. The van der Waals surface area contributed by atoms with Crippen molar-refractivity contribution in [2.24, 2.45) is 0 Å². The first-order chi connectivity index (χ1) is 9.05. The summed E-state index contributed by atoms with van der Waals surface area (Å²) < 4.78 is 10.0. The second-order valence-corrected chi connectivity index (χ2v) is 4.15. The minimum absolute atomic E-state index is 0.137. The monoisotopic (exact) mass is 269 g/mol. The SMILES string of the molecule is COc1cc(OC)nc(N2CC(O)CC2C(=O)O)n1. The fraction of sp³-hybridized carbons (Fsp3) is 0.545. The summed E-state index contributed by atoms with van der Waals surface area (Å²) in [6, 6.07) is 0.637. The van der Waals surface area contributed by atoms with Crippen molar-refractivity contribution in [2.75, 3.05) is 25.7 Å². The number of aliphatic carboxylic acids is 1. The Hall–Kier alpha value is -2.09. The van der Waals surface area contributed by atoms with Crippen LogP contribution in [0.2, 0.25) is 0 Å². The zero-order valence-corrected chi connectivity index (χ0v) is 10.6. The van der Waals surface area contributed by atoms with Crippen LogP contribution >= 0.6 is 0 Å². The second-order valence-electron chi connectivity index (χ2n) is 4.15. The number of carboxylic acids is 1. The summed E-state index contributed by atoms with van der Waals surface area (Å²) in [6.45, 7) is 0.160. The Morgan fingerprint density at radius 2 is 1.95 bits per heavy atom. The van der Waals surface area contributed by atoms with Crippen LogP contribution in [0.3, 0.4) is 0 Å². The molecule has 1 saturated heterocycles. The van der Waals surface area contributed by atoms with Crippen LogP contribution < -0.4 is 14.4 Å². The number of aliphatic hydroxyl groups is 1. The highest BCUT2D eigenvalue weighted by atomic mass is 16.5. The van der Waals surface area contributed by atoms with Gasteiger partial charge in [0.25, 0.3) is 0 Å². The first kappa shape index (κ1) is 13.3. The van der Waals surface area contributed by atoms with Crippen LogP contribution in [0, 0.1) is 0 Å². The molecule has 1 aliphatic heterocycles. The Labute approximate surface area is 109 Å². The molecule has 1 aromatic rings. The van der Waals surface area contributed by atoms with E-state index in [1.54, 1.807) is 0 Å². The number of carbonyl (C=O) groups is 1. The van der Waals surface area contributed by atoms with Crippen molar-refractivity contribution in [3.05, 3.63) is 6.07 Å². The standard InChI is InChI=1S/C11H15N3O5/c1-18-8-4-9(19-2)13-11(12-8)14-5-6(15)3-7(14)10(16)17/h4,6-7,15H,3,5H2,1-2H3,(H,16,17). The Balaban J connectivity index is 2.36. The molecule has 2 atom stereocenters. The van der Waals surface area contributed by atoms with Gasteiger partial charge in [0.05, 0.1) is 26.4 Å². The van der Waals surface area contributed by atoms with Gasteiger partial charge in [-0.3, -0.25) is 0 Å². The number of anilines is 1. The van der Waals surface area contributed by atoms with Crippen LogP contribution in [-0.4, -0.2) is 59.1 Å². The number of aromatic nitrogens is 2. The van der Waals surface area contributed by atoms with E-state index >= 15 is 0 Å². The lowest BCUT2D eigenvalue weighted by Gasteiger charge is -2.21. The molecule has 0 spiro atoms. The van der Waals surface area contributed by atoms with Gasteiger partial charge in [-0.2, -0.15) is 9.97 Å². The normalized spacial score (nSPS) is 22.4. The predicted molar refractivity (Wildman–Crippen MR) is 64.5 cm³/mol. The molecule has 1 aliphatic rings. The second kappa shape index (κ2) is 5.27. The quantitative estimate of drug-likeness (QED) is 0.755. The van der Waals surface area contributed by atoms with Gasteiger partial charge in [0, 0.05) is 13.0 Å². The zero-order chi connectivity index (χ0) is 14.0. The van der Waals surface area contributed by atoms with E-state index in [0.717, 1.165) is 0 Å². The smallest absolute Gasteiger partial charge is 0.326 e. The first-order valence-electron chi connectivity index (χ1n) is 5.69. The molecular weight excluding hydrogens is 254 g/mol. The Morgan fingerprint density at radius 3 is 2.42 bits per heavy atom. The summed E-state index contributed by atoms with van der Waals surface area (Å²) in [5.41, 5.74) is 0. The first-order valence-corrected chi connectivity index (χ1v) is 5.69. The van der Waals surface area contributed by atoms with E-state index in [2.05, 4.69) is 9.97 Å². The van der Waals surface area contributed by atoms with Crippen LogP contribution in [-0.2, 0) is 4.79 Å². The Morgan fingerprint density at radius 1 is 1.37 bits per heavy atom. The summed E-state index contributed by atoms with van der Waals surface area (Å²) in [5.74, 6) is -0.318. The Kier molecular flexibility index (Phi) is 3.70. The van der Waals surface area contributed by atoms with E-state index in [1.165, 1.54) is 25.2 Å². The molecule has 8 heteroatoms. The van der Waals surface area contributed by atoms with Gasteiger partial charge in [-0.15, -0.1) is 0 Å². The third-order valence-corrected chi connectivity index (χ3v) is 2.91. The molecule has 2 heterocycles. The number of nitrogens with zero attached hydrogens (tertiary/aromatic N) is 3. The van der Waals surface area contributed by atoms with E-state index in [0.29, 0.717) is 0 Å². The summed E-state index contributed by atoms with van der Waals surface area (Å²) in [7, 11) is 2.89. The van der Waals surface area contributed by atoms with Gasteiger partial charge in [-0.25, -0.2) is 4.79 Å². The summed E-state index contributed by atoms with van der Waals surface area (Å²) in [6.07, 6.45) is -0.583. The largest absolute Gasteiger partial charge is 0.481 e. The molecule has 19 heavy (non-hydrogen) atoms. The number of ether oxygens (including phenoxy) is 2. The van der Waals surface area contributed by atoms with E-state index in [9.17, 15) is 9.90 Å². The van der Waals surface area contributed by atoms with Crippen molar-refractivity contribution in [3.8, 4) is 11.8 Å². The molecule has 2 rings (SSSR count). The molecular formula is C11H15N3O5. The third-order valence-electron chi connectivity index (χ3n) is 2.91. The summed E-state index contributed by atoms with van der Waals surface area (Å²) in [4.78, 5) is 20.8. The number of carboxylic acid groups (broad SMARTS) is 1. The van der Waals surface area contributed by atoms with Crippen molar-refractivity contribution in [1.29, 1.82) is 0 Å². The molecule has 0 aromatic carbocycles. The average Bonchev–Trinajstić information content (AvgIpc) is 2.80. The molecule has 0 radical (unpaired) electrons. The van der Waals surface area contributed by atoms with Gasteiger partial charge in [-0.05, 0) is 0 Å². The van der Waals surface area contributed by atoms with Crippen molar-refractivity contribution in [2.45, 2.75) is 18.6 Å². The van der Waals surface area contributed by atoms with Gasteiger partial charge in [-0.1, -0.05) is 0 Å². The van der Waals surface area contributed by atoms with Crippen LogP contribution in [0.25, 0.3) is 0 Å². The average molecular weight is 269 g/mol. The minimum Gasteiger partial charge on any atom is -0.481 e. The highest BCUT2D eigenvalue weighted by Crippen LogP contribution is 2.26. The Bertz CT molecular complexity index is 459. The highest BCUT2D eigenvalue weighted by molar-refractivity contribution is 5.78. The molecule has 2 unspecified atom stereocenters. The molecule has 0 aliphatic carbocycles. The van der Waals surface area contributed by atoms with Crippen molar-refractivity contribution in [1.82, 2.24) is 9.97 Å². The molecule has 1 fully saturated rings. The van der Waals surface area contributed by atoms with Gasteiger partial charge in [0.1, 0.15) is 6.04 Å². The molecule has 104 valence electrons. The van der Waals surface area contributed by atoms with E-state index in [1.807, 2.05) is 0 Å². The minimum atomic E-state index is -1.03. The van der Waals surface area contributed by atoms with E-state index in [4.69, 9.17) is 14.6 Å². The van der Waals surface area contributed by atoms with Gasteiger partial charge < -0.3 is 24.6 Å². The molecule has 1 aromatic heterocycles. The third kappa shape index (κ3) is 2.68. The lowest BCUT2D eigenvalue weighted by atomic mass is 10.2. The number of hydrogen-bond donors (Lipinski definition) is 2. The van der Waals surface area contributed by atoms with E-state index < -0.39 is 18.1 Å². The molecule has 8 nitrogen and oxygen atoms in total. The number of methoxy groups -OCH3 is 2. The fourth-order valence-electron chi connectivity index (χ4n) is 2.00. The van der Waals surface area contributed by atoms with Crippen LogP contribution in [0.5, 0.6) is 11.8 Å². The van der Waals surface area contributed by atoms with Crippen LogP contribution in [0.4, 0.5) is 5.95 Å². The molecule has 0 amide bonds. The van der Waals surface area contributed by atoms with E-state index in [-0.39, 0.29) is 30.7 Å². The van der Waals surface area contributed by atoms with Crippen molar-refractivity contribution < 1.29 is 24.5 Å². The number of rotatable bonds is 4. The van der Waals surface area contributed by atoms with Gasteiger partial charge >= 0.3 is 5.97 Å². The maximum atomic E-state index is 11.2. The lowest BCUT2D eigenvalue weighted by molar-refractivity contribution is -0.138. The topological polar surface area (TPSA) is 105 Å². The predicted octanol–water partition coefficient (Wildman–Crippen LogP) is -0.482. The van der Waals surface area contributed by atoms with Gasteiger partial charge in [0.2, 0.25) is 17.7 Å². The molecule has 2 N–H and O–H groups in total. The molecule has 0 saturated carbocycles. The maximum Gasteiger partial charge on any atom is 0.326 e. The number of hydrogen-bond acceptors (Lipinski definition) is 7. The van der Waals surface area contributed by atoms with Crippen molar-refractivity contribution >= 4 is 11.9 Å². The molecule has 0 bridgehead atoms. The zero-order valence-electron chi connectivity index (χ0n) is 10.6. The number of β-amino-alcohol motifs (C(OH)–C–C–N with tert-alkyl or cyclic N) is 1. The lowest BCUT2D eigenvalue weighted by Crippen LogP contribution is -2.37. The van der Waals surface area contributed by atoms with Crippen LogP contribution in [0.1, 0.15) is 6.42 Å². The summed E-state index contributed by atoms with van der Waals surface area (Å²) in [5, 5.41) is 18.8. The fourth-order valence-corrected chi connectivity index (χ4v) is 2.00. The van der Waals surface area contributed by atoms with Crippen LogP contribution in [0.15, 0.2) is 6.07 Å². The highest BCUT2D eigenvalue weighted by Gasteiger charge is 2.38.